The Morgan fingerprint density at radius 1 is 1.30 bits per heavy atom. The van der Waals surface area contributed by atoms with Crippen LogP contribution < -0.4 is 10.2 Å². The van der Waals surface area contributed by atoms with E-state index in [4.69, 9.17) is 0 Å². The molecule has 2 heterocycles. The number of rotatable bonds is 6. The summed E-state index contributed by atoms with van der Waals surface area (Å²) in [7, 11) is 1.98. The first kappa shape index (κ1) is 14.2. The minimum absolute atomic E-state index is 0.520. The van der Waals surface area contributed by atoms with E-state index in [1.807, 2.05) is 31.1 Å². The molecular weight excluding hydrogens is 254 g/mol. The van der Waals surface area contributed by atoms with Crippen LogP contribution in [-0.2, 0) is 0 Å². The highest BCUT2D eigenvalue weighted by Gasteiger charge is 2.12. The summed E-state index contributed by atoms with van der Waals surface area (Å²) in [4.78, 5) is 15.3. The average molecular weight is 275 g/mol. The van der Waals surface area contributed by atoms with Gasteiger partial charge in [-0.05, 0) is 18.9 Å². The minimum Gasteiger partial charge on any atom is -0.354 e. The fourth-order valence-electron chi connectivity index (χ4n) is 1.88. The van der Waals surface area contributed by atoms with Crippen LogP contribution in [0.1, 0.15) is 20.8 Å². The van der Waals surface area contributed by atoms with Crippen LogP contribution in [0.25, 0.3) is 5.95 Å². The lowest BCUT2D eigenvalue weighted by molar-refractivity contribution is 0.627. The third-order valence-corrected chi connectivity index (χ3v) is 2.64. The van der Waals surface area contributed by atoms with Gasteiger partial charge >= 0.3 is 0 Å². The highest BCUT2D eigenvalue weighted by molar-refractivity contribution is 5.39. The topological polar surface area (TPSA) is 71.8 Å². The molecule has 7 heteroatoms. The molecule has 2 aromatic heterocycles. The number of aromatic nitrogens is 5. The number of nitrogens with one attached hydrogen (secondary N) is 1. The monoisotopic (exact) mass is 275 g/mol. The van der Waals surface area contributed by atoms with Gasteiger partial charge in [0.15, 0.2) is 0 Å². The fourth-order valence-corrected chi connectivity index (χ4v) is 1.88. The number of nitrogens with zero attached hydrogens (tertiary/aromatic N) is 6. The zero-order valence-electron chi connectivity index (χ0n) is 12.4. The third kappa shape index (κ3) is 3.43. The van der Waals surface area contributed by atoms with Gasteiger partial charge in [-0.1, -0.05) is 13.8 Å². The van der Waals surface area contributed by atoms with Crippen molar-refractivity contribution in [2.75, 3.05) is 30.4 Å². The van der Waals surface area contributed by atoms with Gasteiger partial charge in [0.25, 0.3) is 5.95 Å². The molecule has 0 unspecified atom stereocenters. The zero-order chi connectivity index (χ0) is 14.5. The van der Waals surface area contributed by atoms with Crippen LogP contribution in [0.3, 0.4) is 0 Å². The van der Waals surface area contributed by atoms with Crippen LogP contribution in [-0.4, -0.2) is 44.9 Å². The molecule has 0 amide bonds. The Kier molecular flexibility index (Phi) is 4.49. The second kappa shape index (κ2) is 6.31. The smallest absolute Gasteiger partial charge is 0.257 e. The van der Waals surface area contributed by atoms with Crippen LogP contribution in [0, 0.1) is 5.92 Å². The second-order valence-corrected chi connectivity index (χ2v) is 5.01. The van der Waals surface area contributed by atoms with E-state index in [-0.39, 0.29) is 0 Å². The number of anilines is 2. The maximum Gasteiger partial charge on any atom is 0.257 e. The van der Waals surface area contributed by atoms with E-state index >= 15 is 0 Å². The van der Waals surface area contributed by atoms with Gasteiger partial charge in [-0.15, -0.1) is 0 Å². The maximum absolute atomic E-state index is 4.48. The molecule has 2 aromatic rings. The molecule has 0 saturated heterocycles. The van der Waals surface area contributed by atoms with Gasteiger partial charge in [0.05, 0.1) is 0 Å². The molecule has 0 aromatic carbocycles. The van der Waals surface area contributed by atoms with Crippen molar-refractivity contribution in [1.82, 2.24) is 24.7 Å². The second-order valence-electron chi connectivity index (χ2n) is 5.01. The molecule has 20 heavy (non-hydrogen) atoms. The van der Waals surface area contributed by atoms with Gasteiger partial charge in [-0.25, -0.2) is 4.68 Å². The fraction of sp³-hybridized carbons (Fsp3) is 0.538. The molecule has 0 aliphatic rings. The van der Waals surface area contributed by atoms with Crippen molar-refractivity contribution < 1.29 is 0 Å². The molecule has 0 spiro atoms. The van der Waals surface area contributed by atoms with Crippen LogP contribution in [0.2, 0.25) is 0 Å². The highest BCUT2D eigenvalue weighted by atomic mass is 15.4. The molecule has 0 bridgehead atoms. The first-order valence-electron chi connectivity index (χ1n) is 6.81. The summed E-state index contributed by atoms with van der Waals surface area (Å²) in [5, 5.41) is 7.30. The number of hydrogen-bond donors (Lipinski definition) is 1. The summed E-state index contributed by atoms with van der Waals surface area (Å²) in [6.45, 7) is 7.98. The Morgan fingerprint density at radius 2 is 2.10 bits per heavy atom. The molecule has 0 radical (unpaired) electrons. The largest absolute Gasteiger partial charge is 0.354 e. The van der Waals surface area contributed by atoms with Crippen molar-refractivity contribution in [1.29, 1.82) is 0 Å². The average Bonchev–Trinajstić information content (AvgIpc) is 2.92. The van der Waals surface area contributed by atoms with Gasteiger partial charge < -0.3 is 10.2 Å². The van der Waals surface area contributed by atoms with Crippen molar-refractivity contribution in [2.24, 2.45) is 5.92 Å². The van der Waals surface area contributed by atoms with Crippen LogP contribution in [0.4, 0.5) is 11.9 Å². The molecule has 1 N–H and O–H groups in total. The van der Waals surface area contributed by atoms with E-state index in [1.54, 1.807) is 10.9 Å². The zero-order valence-corrected chi connectivity index (χ0v) is 12.4. The first-order valence-corrected chi connectivity index (χ1v) is 6.81. The standard InChI is InChI=1S/C13H21N7/c1-5-14-11-16-12(19(4)9-10(2)3)18-13(17-11)20-8-6-7-15-20/h6-8,10H,5,9H2,1-4H3,(H,14,16,17,18). The quantitative estimate of drug-likeness (QED) is 0.863. The van der Waals surface area contributed by atoms with Crippen LogP contribution in [0.15, 0.2) is 18.5 Å². The Hall–Kier alpha value is -2.18. The van der Waals surface area contributed by atoms with E-state index < -0.39 is 0 Å². The Labute approximate surface area is 119 Å². The van der Waals surface area contributed by atoms with Crippen LogP contribution >= 0.6 is 0 Å². The van der Waals surface area contributed by atoms with E-state index in [2.05, 4.69) is 39.2 Å². The SMILES string of the molecule is CCNc1nc(N(C)CC(C)C)nc(-n2cccn2)n1. The van der Waals surface area contributed by atoms with Crippen molar-refractivity contribution in [3.8, 4) is 5.95 Å². The van der Waals surface area contributed by atoms with Gasteiger partial charge in [0.2, 0.25) is 11.9 Å². The van der Waals surface area contributed by atoms with Crippen molar-refractivity contribution in [2.45, 2.75) is 20.8 Å². The minimum atomic E-state index is 0.520. The van der Waals surface area contributed by atoms with Gasteiger partial charge in [0.1, 0.15) is 0 Å². The third-order valence-electron chi connectivity index (χ3n) is 2.64. The molecule has 0 aliphatic heterocycles. The van der Waals surface area contributed by atoms with E-state index in [1.165, 1.54) is 0 Å². The normalized spacial score (nSPS) is 10.8. The first-order chi connectivity index (χ1) is 9.60. The highest BCUT2D eigenvalue weighted by Crippen LogP contribution is 2.13. The summed E-state index contributed by atoms with van der Waals surface area (Å²) in [5.74, 6) is 2.27. The molecule has 0 aliphatic carbocycles. The molecule has 7 nitrogen and oxygen atoms in total. The van der Waals surface area contributed by atoms with Gasteiger partial charge in [-0.2, -0.15) is 20.1 Å². The number of hydrogen-bond acceptors (Lipinski definition) is 6. The lowest BCUT2D eigenvalue weighted by Gasteiger charge is -2.20. The Morgan fingerprint density at radius 3 is 2.70 bits per heavy atom. The molecular formula is C13H21N7. The lowest BCUT2D eigenvalue weighted by atomic mass is 10.2. The lowest BCUT2D eigenvalue weighted by Crippen LogP contribution is -2.26. The summed E-state index contributed by atoms with van der Waals surface area (Å²) in [6.07, 6.45) is 3.52. The van der Waals surface area contributed by atoms with E-state index in [0.29, 0.717) is 23.8 Å². The summed E-state index contributed by atoms with van der Waals surface area (Å²) in [6, 6.07) is 1.84. The Balaban J connectivity index is 2.35. The maximum atomic E-state index is 4.48. The van der Waals surface area contributed by atoms with Crippen LogP contribution in [0.5, 0.6) is 0 Å². The molecule has 0 fully saturated rings. The van der Waals surface area contributed by atoms with E-state index in [9.17, 15) is 0 Å². The summed E-state index contributed by atoms with van der Waals surface area (Å²) >= 11 is 0. The molecule has 2 rings (SSSR count). The predicted octanol–water partition coefficient (Wildman–Crippen LogP) is 1.58. The summed E-state index contributed by atoms with van der Waals surface area (Å²) in [5.41, 5.74) is 0. The van der Waals surface area contributed by atoms with E-state index in [0.717, 1.165) is 13.1 Å². The van der Waals surface area contributed by atoms with Gasteiger partial charge in [0, 0.05) is 32.5 Å². The molecule has 0 atom stereocenters. The van der Waals surface area contributed by atoms with Crippen molar-refractivity contribution in [3.05, 3.63) is 18.5 Å². The Bertz CT molecular complexity index is 536. The molecule has 0 saturated carbocycles. The van der Waals surface area contributed by atoms with Gasteiger partial charge in [-0.3, -0.25) is 0 Å². The van der Waals surface area contributed by atoms with Crippen molar-refractivity contribution >= 4 is 11.9 Å². The predicted molar refractivity (Wildman–Crippen MR) is 79.2 cm³/mol. The van der Waals surface area contributed by atoms with Crippen molar-refractivity contribution in [3.63, 3.8) is 0 Å². The summed E-state index contributed by atoms with van der Waals surface area (Å²) < 4.78 is 1.63. The molecule has 108 valence electrons.